The van der Waals surface area contributed by atoms with Crippen LogP contribution in [-0.4, -0.2) is 19.3 Å². The maximum absolute atomic E-state index is 5.48. The number of allylic oxidation sites excluding steroid dienone is 1. The summed E-state index contributed by atoms with van der Waals surface area (Å²) in [6, 6.07) is 0. The van der Waals surface area contributed by atoms with Crippen LogP contribution in [0.1, 0.15) is 38.5 Å². The zero-order chi connectivity index (χ0) is 8.93. The van der Waals surface area contributed by atoms with Gasteiger partial charge in [0.2, 0.25) is 0 Å². The summed E-state index contributed by atoms with van der Waals surface area (Å²) >= 11 is 0. The van der Waals surface area contributed by atoms with Crippen LogP contribution in [0.2, 0.25) is 0 Å². The van der Waals surface area contributed by atoms with Gasteiger partial charge in [-0.2, -0.15) is 0 Å². The summed E-state index contributed by atoms with van der Waals surface area (Å²) in [7, 11) is 0. The first-order valence-corrected chi connectivity index (χ1v) is 5.36. The molecule has 0 aromatic heterocycles. The standard InChI is InChI=1S/C11H18O2/c1-2-5-10(4-1)8-12-7-3-6-11-9-13-11/h8,11H,1-7,9H2. The van der Waals surface area contributed by atoms with E-state index in [0.717, 1.165) is 19.6 Å². The molecule has 0 radical (unpaired) electrons. The molecule has 0 N–H and O–H groups in total. The van der Waals surface area contributed by atoms with Gasteiger partial charge in [-0.05, 0) is 44.1 Å². The average molecular weight is 182 g/mol. The topological polar surface area (TPSA) is 21.8 Å². The van der Waals surface area contributed by atoms with Crippen molar-refractivity contribution in [2.24, 2.45) is 0 Å². The van der Waals surface area contributed by atoms with E-state index in [-0.39, 0.29) is 0 Å². The fraction of sp³-hybridized carbons (Fsp3) is 0.818. The number of rotatable bonds is 5. The molecule has 1 aliphatic heterocycles. The minimum Gasteiger partial charge on any atom is -0.501 e. The smallest absolute Gasteiger partial charge is 0.0874 e. The molecule has 74 valence electrons. The van der Waals surface area contributed by atoms with Crippen molar-refractivity contribution in [3.05, 3.63) is 11.8 Å². The van der Waals surface area contributed by atoms with E-state index < -0.39 is 0 Å². The Morgan fingerprint density at radius 2 is 2.15 bits per heavy atom. The molecule has 2 rings (SSSR count). The molecule has 0 amide bonds. The molecule has 2 aliphatic rings. The van der Waals surface area contributed by atoms with Crippen molar-refractivity contribution < 1.29 is 9.47 Å². The lowest BCUT2D eigenvalue weighted by Crippen LogP contribution is -1.92. The molecule has 1 heterocycles. The van der Waals surface area contributed by atoms with Gasteiger partial charge in [-0.25, -0.2) is 0 Å². The first-order valence-electron chi connectivity index (χ1n) is 5.36. The molecule has 2 nitrogen and oxygen atoms in total. The zero-order valence-corrected chi connectivity index (χ0v) is 8.13. The second kappa shape index (κ2) is 4.66. The Morgan fingerprint density at radius 1 is 1.38 bits per heavy atom. The largest absolute Gasteiger partial charge is 0.501 e. The maximum Gasteiger partial charge on any atom is 0.0874 e. The van der Waals surface area contributed by atoms with Crippen LogP contribution in [0.3, 0.4) is 0 Å². The van der Waals surface area contributed by atoms with Crippen molar-refractivity contribution >= 4 is 0 Å². The van der Waals surface area contributed by atoms with Gasteiger partial charge in [0.25, 0.3) is 0 Å². The fourth-order valence-electron chi connectivity index (χ4n) is 1.75. The van der Waals surface area contributed by atoms with E-state index in [0.29, 0.717) is 6.10 Å². The molecular formula is C11H18O2. The third kappa shape index (κ3) is 3.39. The lowest BCUT2D eigenvalue weighted by molar-refractivity contribution is 0.232. The molecule has 2 heteroatoms. The maximum atomic E-state index is 5.48. The van der Waals surface area contributed by atoms with E-state index >= 15 is 0 Å². The highest BCUT2D eigenvalue weighted by molar-refractivity contribution is 5.02. The van der Waals surface area contributed by atoms with Crippen LogP contribution in [0.15, 0.2) is 11.8 Å². The summed E-state index contributed by atoms with van der Waals surface area (Å²) < 4.78 is 10.6. The van der Waals surface area contributed by atoms with Crippen molar-refractivity contribution in [2.45, 2.75) is 44.6 Å². The third-order valence-corrected chi connectivity index (χ3v) is 2.69. The monoisotopic (exact) mass is 182 g/mol. The van der Waals surface area contributed by atoms with E-state index in [4.69, 9.17) is 9.47 Å². The van der Waals surface area contributed by atoms with Gasteiger partial charge in [0.05, 0.1) is 25.6 Å². The minimum atomic E-state index is 0.558. The van der Waals surface area contributed by atoms with E-state index in [2.05, 4.69) is 0 Å². The second-order valence-corrected chi connectivity index (χ2v) is 3.95. The minimum absolute atomic E-state index is 0.558. The molecule has 0 spiro atoms. The molecule has 0 aromatic carbocycles. The van der Waals surface area contributed by atoms with Crippen LogP contribution in [0.25, 0.3) is 0 Å². The lowest BCUT2D eigenvalue weighted by atomic mass is 10.2. The second-order valence-electron chi connectivity index (χ2n) is 3.95. The first-order chi connectivity index (χ1) is 6.45. The number of hydrogen-bond donors (Lipinski definition) is 0. The number of hydrogen-bond acceptors (Lipinski definition) is 2. The van der Waals surface area contributed by atoms with Crippen molar-refractivity contribution in [2.75, 3.05) is 13.2 Å². The summed E-state index contributed by atoms with van der Waals surface area (Å²) in [4.78, 5) is 0. The Hall–Kier alpha value is -0.500. The molecule has 1 aliphatic carbocycles. The van der Waals surface area contributed by atoms with Crippen LogP contribution in [-0.2, 0) is 9.47 Å². The zero-order valence-electron chi connectivity index (χ0n) is 8.13. The van der Waals surface area contributed by atoms with E-state index in [1.165, 1.54) is 37.7 Å². The van der Waals surface area contributed by atoms with Gasteiger partial charge in [-0.15, -0.1) is 0 Å². The van der Waals surface area contributed by atoms with Gasteiger partial charge in [0.1, 0.15) is 0 Å². The number of ether oxygens (including phenoxy) is 2. The summed E-state index contributed by atoms with van der Waals surface area (Å²) in [6.07, 6.45) is 10.1. The number of epoxide rings is 1. The van der Waals surface area contributed by atoms with Crippen LogP contribution in [0.4, 0.5) is 0 Å². The summed E-state index contributed by atoms with van der Waals surface area (Å²) in [5, 5.41) is 0. The molecule has 1 unspecified atom stereocenters. The molecule has 0 bridgehead atoms. The van der Waals surface area contributed by atoms with Gasteiger partial charge in [-0.3, -0.25) is 0 Å². The highest BCUT2D eigenvalue weighted by Gasteiger charge is 2.21. The lowest BCUT2D eigenvalue weighted by Gasteiger charge is -2.00. The van der Waals surface area contributed by atoms with Crippen molar-refractivity contribution in [1.82, 2.24) is 0 Å². The molecular weight excluding hydrogens is 164 g/mol. The van der Waals surface area contributed by atoms with Crippen LogP contribution >= 0.6 is 0 Å². The van der Waals surface area contributed by atoms with E-state index in [1.807, 2.05) is 6.26 Å². The summed E-state index contributed by atoms with van der Waals surface area (Å²) in [6.45, 7) is 1.84. The quantitative estimate of drug-likeness (QED) is 0.370. The van der Waals surface area contributed by atoms with Gasteiger partial charge < -0.3 is 9.47 Å². The Kier molecular flexibility index (Phi) is 3.25. The predicted octanol–water partition coefficient (Wildman–Crippen LogP) is 2.64. The molecule has 0 aromatic rings. The molecule has 1 saturated heterocycles. The van der Waals surface area contributed by atoms with Crippen LogP contribution in [0.5, 0.6) is 0 Å². The van der Waals surface area contributed by atoms with Crippen molar-refractivity contribution in [3.63, 3.8) is 0 Å². The molecule has 1 atom stereocenters. The highest BCUT2D eigenvalue weighted by Crippen LogP contribution is 2.23. The first kappa shape index (κ1) is 9.07. The van der Waals surface area contributed by atoms with E-state index in [1.54, 1.807) is 0 Å². The van der Waals surface area contributed by atoms with Crippen LogP contribution < -0.4 is 0 Å². The Bertz CT molecular complexity index is 175. The van der Waals surface area contributed by atoms with E-state index in [9.17, 15) is 0 Å². The highest BCUT2D eigenvalue weighted by atomic mass is 16.6. The summed E-state index contributed by atoms with van der Waals surface area (Å²) in [5.41, 5.74) is 1.50. The Balaban J connectivity index is 1.49. The molecule has 1 saturated carbocycles. The van der Waals surface area contributed by atoms with Crippen molar-refractivity contribution in [1.29, 1.82) is 0 Å². The van der Waals surface area contributed by atoms with Gasteiger partial charge >= 0.3 is 0 Å². The van der Waals surface area contributed by atoms with Crippen LogP contribution in [0, 0.1) is 0 Å². The molecule has 13 heavy (non-hydrogen) atoms. The van der Waals surface area contributed by atoms with Crippen molar-refractivity contribution in [3.8, 4) is 0 Å². The normalized spacial score (nSPS) is 26.2. The third-order valence-electron chi connectivity index (χ3n) is 2.69. The van der Waals surface area contributed by atoms with Gasteiger partial charge in [0, 0.05) is 0 Å². The Morgan fingerprint density at radius 3 is 2.85 bits per heavy atom. The predicted molar refractivity (Wildman–Crippen MR) is 51.5 cm³/mol. The average Bonchev–Trinajstić information content (AvgIpc) is 2.81. The Labute approximate surface area is 79.9 Å². The summed E-state index contributed by atoms with van der Waals surface area (Å²) in [5.74, 6) is 0. The fourth-order valence-corrected chi connectivity index (χ4v) is 1.75. The SMILES string of the molecule is C(OCCCC1CO1)=C1CCCC1. The molecule has 2 fully saturated rings. The van der Waals surface area contributed by atoms with Gasteiger partial charge in [-0.1, -0.05) is 0 Å². The van der Waals surface area contributed by atoms with Gasteiger partial charge in [0.15, 0.2) is 0 Å².